The molecule has 0 saturated heterocycles. The highest BCUT2D eigenvalue weighted by Gasteiger charge is 2.06. The summed E-state index contributed by atoms with van der Waals surface area (Å²) in [5, 5.41) is 6.96. The average Bonchev–Trinajstić information content (AvgIpc) is 2.70. The van der Waals surface area contributed by atoms with Crippen LogP contribution in [0.3, 0.4) is 0 Å². The van der Waals surface area contributed by atoms with Gasteiger partial charge in [0.1, 0.15) is 0 Å². The predicted octanol–water partition coefficient (Wildman–Crippen LogP) is 4.12. The molecule has 0 aliphatic rings. The van der Waals surface area contributed by atoms with E-state index in [4.69, 9.17) is 0 Å². The second kappa shape index (κ2) is 2.90. The third-order valence-corrected chi connectivity index (χ3v) is 4.90. The number of hydrogen-bond donors (Lipinski definition) is 0. The Morgan fingerprint density at radius 3 is 3.08 bits per heavy atom. The standard InChI is InChI=1S/C9H4INS2/c10-9-8-6(4-13-9)5-1-2-12-7(5)3-11-8/h1-4H. The van der Waals surface area contributed by atoms with Gasteiger partial charge in [-0.1, -0.05) is 0 Å². The van der Waals surface area contributed by atoms with E-state index in [1.54, 1.807) is 22.7 Å². The number of nitrogens with zero attached hydrogens (tertiary/aromatic N) is 1. The molecule has 3 aromatic heterocycles. The molecule has 0 aliphatic carbocycles. The second-order valence-corrected chi connectivity index (χ2v) is 6.37. The van der Waals surface area contributed by atoms with Gasteiger partial charge in [-0.05, 0) is 34.0 Å². The molecule has 0 saturated carbocycles. The Bertz CT molecular complexity index is 581. The number of hydrogen-bond acceptors (Lipinski definition) is 3. The molecule has 0 N–H and O–H groups in total. The van der Waals surface area contributed by atoms with Crippen LogP contribution >= 0.6 is 45.3 Å². The van der Waals surface area contributed by atoms with Gasteiger partial charge in [-0.2, -0.15) is 0 Å². The molecule has 3 aromatic rings. The van der Waals surface area contributed by atoms with Crippen LogP contribution < -0.4 is 0 Å². The maximum Gasteiger partial charge on any atom is 0.0950 e. The molecule has 0 spiro atoms. The predicted molar refractivity (Wildman–Crippen MR) is 67.7 cm³/mol. The van der Waals surface area contributed by atoms with Gasteiger partial charge in [0.05, 0.1) is 13.1 Å². The van der Waals surface area contributed by atoms with E-state index >= 15 is 0 Å². The highest BCUT2D eigenvalue weighted by molar-refractivity contribution is 14.1. The third-order valence-electron chi connectivity index (χ3n) is 2.02. The van der Waals surface area contributed by atoms with Crippen molar-refractivity contribution in [3.63, 3.8) is 0 Å². The van der Waals surface area contributed by atoms with Crippen molar-refractivity contribution in [2.75, 3.05) is 0 Å². The van der Waals surface area contributed by atoms with Crippen molar-refractivity contribution < 1.29 is 0 Å². The lowest BCUT2D eigenvalue weighted by molar-refractivity contribution is 1.47. The zero-order chi connectivity index (χ0) is 8.84. The van der Waals surface area contributed by atoms with Crippen molar-refractivity contribution in [3.05, 3.63) is 25.9 Å². The Morgan fingerprint density at radius 2 is 2.15 bits per heavy atom. The Morgan fingerprint density at radius 1 is 1.23 bits per heavy atom. The van der Waals surface area contributed by atoms with Gasteiger partial charge >= 0.3 is 0 Å². The van der Waals surface area contributed by atoms with Gasteiger partial charge < -0.3 is 0 Å². The van der Waals surface area contributed by atoms with E-state index in [0.717, 1.165) is 5.52 Å². The van der Waals surface area contributed by atoms with Crippen molar-refractivity contribution in [3.8, 4) is 0 Å². The molecule has 0 radical (unpaired) electrons. The summed E-state index contributed by atoms with van der Waals surface area (Å²) in [6.07, 6.45) is 1.97. The summed E-state index contributed by atoms with van der Waals surface area (Å²) < 4.78 is 2.56. The number of rotatable bonds is 0. The highest BCUT2D eigenvalue weighted by Crippen LogP contribution is 2.33. The second-order valence-electron chi connectivity index (χ2n) is 2.73. The lowest BCUT2D eigenvalue weighted by atomic mass is 10.2. The number of aromatic nitrogens is 1. The van der Waals surface area contributed by atoms with Crippen molar-refractivity contribution in [2.45, 2.75) is 0 Å². The lowest BCUT2D eigenvalue weighted by Crippen LogP contribution is -1.73. The molecule has 0 unspecified atom stereocenters. The first kappa shape index (κ1) is 8.14. The van der Waals surface area contributed by atoms with Gasteiger partial charge in [0, 0.05) is 22.3 Å². The van der Waals surface area contributed by atoms with E-state index in [9.17, 15) is 0 Å². The minimum atomic E-state index is 1.15. The topological polar surface area (TPSA) is 12.9 Å². The summed E-state index contributed by atoms with van der Waals surface area (Å²) >= 11 is 5.86. The van der Waals surface area contributed by atoms with Gasteiger partial charge in [-0.3, -0.25) is 4.98 Å². The molecule has 3 rings (SSSR count). The minimum absolute atomic E-state index is 1.15. The maximum atomic E-state index is 4.45. The normalized spacial score (nSPS) is 11.5. The van der Waals surface area contributed by atoms with E-state index in [2.05, 4.69) is 44.4 Å². The monoisotopic (exact) mass is 317 g/mol. The Labute approximate surface area is 96.6 Å². The maximum absolute atomic E-state index is 4.45. The molecule has 1 nitrogen and oxygen atoms in total. The van der Waals surface area contributed by atoms with E-state index in [1.165, 1.54) is 18.4 Å². The van der Waals surface area contributed by atoms with Crippen LogP contribution in [0.15, 0.2) is 23.0 Å². The first-order valence-electron chi connectivity index (χ1n) is 3.75. The summed E-state index contributed by atoms with van der Waals surface area (Å²) in [6, 6.07) is 2.17. The first-order valence-corrected chi connectivity index (χ1v) is 6.59. The zero-order valence-corrected chi connectivity index (χ0v) is 10.2. The molecule has 4 heteroatoms. The fourth-order valence-electron chi connectivity index (χ4n) is 1.41. The molecule has 0 bridgehead atoms. The highest BCUT2D eigenvalue weighted by atomic mass is 127. The molecule has 3 heterocycles. The third kappa shape index (κ3) is 1.12. The number of thiophene rings is 2. The van der Waals surface area contributed by atoms with Crippen LogP contribution in [-0.2, 0) is 0 Å². The van der Waals surface area contributed by atoms with Gasteiger partial charge in [-0.25, -0.2) is 0 Å². The Hall–Kier alpha value is -0.200. The van der Waals surface area contributed by atoms with Crippen molar-refractivity contribution in [1.29, 1.82) is 0 Å². The number of fused-ring (bicyclic) bond motifs is 3. The molecular formula is C9H4INS2. The fourth-order valence-corrected chi connectivity index (χ4v) is 3.72. The van der Waals surface area contributed by atoms with Gasteiger partial charge in [0.15, 0.2) is 0 Å². The zero-order valence-electron chi connectivity index (χ0n) is 6.45. The van der Waals surface area contributed by atoms with E-state index in [1.807, 2.05) is 6.20 Å². The molecule has 0 amide bonds. The van der Waals surface area contributed by atoms with Crippen molar-refractivity contribution >= 4 is 66.3 Å². The Kier molecular flexibility index (Phi) is 1.81. The van der Waals surface area contributed by atoms with Crippen LogP contribution in [-0.4, -0.2) is 4.98 Å². The quantitative estimate of drug-likeness (QED) is 0.569. The number of halogens is 1. The van der Waals surface area contributed by atoms with Crippen LogP contribution in [0.4, 0.5) is 0 Å². The number of pyridine rings is 1. The summed E-state index contributed by atoms with van der Waals surface area (Å²) in [6.45, 7) is 0. The molecular weight excluding hydrogens is 313 g/mol. The van der Waals surface area contributed by atoms with Crippen molar-refractivity contribution in [2.24, 2.45) is 0 Å². The molecule has 0 aliphatic heterocycles. The molecule has 0 fully saturated rings. The summed E-state index contributed by atoms with van der Waals surface area (Å²) in [4.78, 5) is 4.45. The fraction of sp³-hybridized carbons (Fsp3) is 0. The van der Waals surface area contributed by atoms with E-state index < -0.39 is 0 Å². The van der Waals surface area contributed by atoms with Gasteiger partial charge in [-0.15, -0.1) is 22.7 Å². The molecule has 64 valence electrons. The molecule has 0 aromatic carbocycles. The van der Waals surface area contributed by atoms with E-state index in [-0.39, 0.29) is 0 Å². The lowest BCUT2D eigenvalue weighted by Gasteiger charge is -1.91. The minimum Gasteiger partial charge on any atom is -0.253 e. The van der Waals surface area contributed by atoms with Crippen molar-refractivity contribution in [1.82, 2.24) is 4.98 Å². The summed E-state index contributed by atoms with van der Waals surface area (Å²) in [5.41, 5.74) is 1.15. The van der Waals surface area contributed by atoms with E-state index in [0.29, 0.717) is 0 Å². The summed E-state index contributed by atoms with van der Waals surface area (Å²) in [5.74, 6) is 0. The Balaban J connectivity index is 2.66. The van der Waals surface area contributed by atoms with Crippen LogP contribution in [0, 0.1) is 2.88 Å². The average molecular weight is 317 g/mol. The molecule has 13 heavy (non-hydrogen) atoms. The van der Waals surface area contributed by atoms with Gasteiger partial charge in [0.25, 0.3) is 0 Å². The smallest absolute Gasteiger partial charge is 0.0950 e. The van der Waals surface area contributed by atoms with Crippen LogP contribution in [0.25, 0.3) is 21.0 Å². The SMILES string of the molecule is Ic1scc2c1ncc1sccc12. The van der Waals surface area contributed by atoms with Crippen LogP contribution in [0.1, 0.15) is 0 Å². The van der Waals surface area contributed by atoms with Crippen LogP contribution in [0.2, 0.25) is 0 Å². The first-order chi connectivity index (χ1) is 6.36. The molecule has 0 atom stereocenters. The summed E-state index contributed by atoms with van der Waals surface area (Å²) in [7, 11) is 0. The largest absolute Gasteiger partial charge is 0.253 e. The van der Waals surface area contributed by atoms with Gasteiger partial charge in [0.2, 0.25) is 0 Å². The van der Waals surface area contributed by atoms with Crippen LogP contribution in [0.5, 0.6) is 0 Å².